The lowest BCUT2D eigenvalue weighted by molar-refractivity contribution is -0.144. The number of benzene rings is 1. The summed E-state index contributed by atoms with van der Waals surface area (Å²) in [7, 11) is 1.33. The van der Waals surface area contributed by atoms with Gasteiger partial charge in [-0.3, -0.25) is 9.59 Å². The summed E-state index contributed by atoms with van der Waals surface area (Å²) in [6.07, 6.45) is 1.67. The van der Waals surface area contributed by atoms with Crippen molar-refractivity contribution in [2.45, 2.75) is 13.3 Å². The number of hydrogen-bond donors (Lipinski definition) is 1. The molecule has 0 aliphatic carbocycles. The number of ketones is 1. The number of allylic oxidation sites excluding steroid dienone is 2. The highest BCUT2D eigenvalue weighted by Crippen LogP contribution is 2.10. The molecule has 0 fully saturated rings. The second kappa shape index (κ2) is 6.59. The van der Waals surface area contributed by atoms with Gasteiger partial charge in [0.1, 0.15) is 0 Å². The fraction of sp³-hybridized carbons (Fsp3) is 0.286. The van der Waals surface area contributed by atoms with Crippen molar-refractivity contribution in [1.29, 1.82) is 0 Å². The van der Waals surface area contributed by atoms with E-state index < -0.39 is 0 Å². The van der Waals surface area contributed by atoms with E-state index in [0.29, 0.717) is 17.7 Å². The number of hydrogen-bond acceptors (Lipinski definition) is 4. The molecule has 18 heavy (non-hydrogen) atoms. The molecule has 0 saturated heterocycles. The molecule has 0 heterocycles. The molecule has 1 atom stereocenters. The van der Waals surface area contributed by atoms with Crippen LogP contribution in [0, 0.1) is 5.92 Å². The second-order valence-electron chi connectivity index (χ2n) is 4.08. The van der Waals surface area contributed by atoms with Gasteiger partial charge in [-0.15, -0.1) is 0 Å². The maximum atomic E-state index is 11.8. The SMILES string of the molecule is COC(=O)C(C)C/C(N)=C/C(=O)c1ccccc1. The first-order valence-electron chi connectivity index (χ1n) is 5.68. The highest BCUT2D eigenvalue weighted by Gasteiger charge is 2.14. The van der Waals surface area contributed by atoms with E-state index in [4.69, 9.17) is 5.73 Å². The maximum Gasteiger partial charge on any atom is 0.308 e. The molecule has 2 N–H and O–H groups in total. The lowest BCUT2D eigenvalue weighted by atomic mass is 10.0. The lowest BCUT2D eigenvalue weighted by Crippen LogP contribution is -2.16. The van der Waals surface area contributed by atoms with Crippen molar-refractivity contribution in [3.63, 3.8) is 0 Å². The molecule has 0 saturated carbocycles. The first kappa shape index (κ1) is 14.0. The van der Waals surface area contributed by atoms with Gasteiger partial charge in [-0.05, 0) is 0 Å². The van der Waals surface area contributed by atoms with Gasteiger partial charge >= 0.3 is 5.97 Å². The minimum absolute atomic E-state index is 0.162. The Hall–Kier alpha value is -2.10. The summed E-state index contributed by atoms with van der Waals surface area (Å²) >= 11 is 0. The van der Waals surface area contributed by atoms with Crippen LogP contribution in [0.1, 0.15) is 23.7 Å². The molecule has 0 radical (unpaired) electrons. The van der Waals surface area contributed by atoms with Gasteiger partial charge in [0.2, 0.25) is 0 Å². The Morgan fingerprint density at radius 2 is 1.94 bits per heavy atom. The summed E-state index contributed by atoms with van der Waals surface area (Å²) in [5, 5.41) is 0. The molecule has 1 aromatic rings. The Balaban J connectivity index is 2.67. The lowest BCUT2D eigenvalue weighted by Gasteiger charge is -2.08. The third kappa shape index (κ3) is 4.05. The summed E-state index contributed by atoms with van der Waals surface area (Å²) in [5.74, 6) is -0.849. The zero-order valence-electron chi connectivity index (χ0n) is 10.6. The van der Waals surface area contributed by atoms with Gasteiger partial charge in [-0.2, -0.15) is 0 Å². The van der Waals surface area contributed by atoms with Crippen LogP contribution in [-0.2, 0) is 9.53 Å². The molecular formula is C14H17NO3. The van der Waals surface area contributed by atoms with Crippen LogP contribution in [0.25, 0.3) is 0 Å². The third-order valence-corrected chi connectivity index (χ3v) is 2.52. The predicted molar refractivity (Wildman–Crippen MR) is 68.8 cm³/mol. The number of nitrogens with two attached hydrogens (primary N) is 1. The first-order chi connectivity index (χ1) is 8.54. The topological polar surface area (TPSA) is 69.4 Å². The van der Waals surface area contributed by atoms with Crippen molar-refractivity contribution in [3.8, 4) is 0 Å². The van der Waals surface area contributed by atoms with Gasteiger partial charge in [-0.1, -0.05) is 37.3 Å². The Kier molecular flexibility index (Phi) is 5.11. The molecule has 0 bridgehead atoms. The molecule has 4 nitrogen and oxygen atoms in total. The van der Waals surface area contributed by atoms with Gasteiger partial charge in [0, 0.05) is 23.8 Å². The van der Waals surface area contributed by atoms with Crippen LogP contribution in [0.2, 0.25) is 0 Å². The summed E-state index contributed by atoms with van der Waals surface area (Å²) in [6, 6.07) is 8.84. The smallest absolute Gasteiger partial charge is 0.308 e. The average Bonchev–Trinajstić information content (AvgIpc) is 2.38. The van der Waals surface area contributed by atoms with E-state index in [1.165, 1.54) is 13.2 Å². The number of methoxy groups -OCH3 is 1. The average molecular weight is 247 g/mol. The molecule has 0 amide bonds. The van der Waals surface area contributed by atoms with Crippen LogP contribution in [0.15, 0.2) is 42.1 Å². The van der Waals surface area contributed by atoms with E-state index in [9.17, 15) is 9.59 Å². The quantitative estimate of drug-likeness (QED) is 0.490. The molecule has 1 aromatic carbocycles. The van der Waals surface area contributed by atoms with Crippen molar-refractivity contribution >= 4 is 11.8 Å². The number of ether oxygens (including phenoxy) is 1. The van der Waals surface area contributed by atoms with Crippen LogP contribution in [0.5, 0.6) is 0 Å². The normalized spacial score (nSPS) is 12.9. The molecule has 0 aromatic heterocycles. The van der Waals surface area contributed by atoms with Gasteiger partial charge in [0.15, 0.2) is 5.78 Å². The minimum atomic E-state index is -0.352. The molecule has 96 valence electrons. The predicted octanol–water partition coefficient (Wildman–Crippen LogP) is 1.91. The summed E-state index contributed by atoms with van der Waals surface area (Å²) in [6.45, 7) is 1.71. The van der Waals surface area contributed by atoms with E-state index in [-0.39, 0.29) is 17.7 Å². The number of rotatable bonds is 5. The zero-order valence-corrected chi connectivity index (χ0v) is 10.6. The van der Waals surface area contributed by atoms with Crippen molar-refractivity contribution in [2.75, 3.05) is 7.11 Å². The van der Waals surface area contributed by atoms with E-state index in [1.807, 2.05) is 6.07 Å². The summed E-state index contributed by atoms with van der Waals surface area (Å²) in [4.78, 5) is 23.0. The minimum Gasteiger partial charge on any atom is -0.469 e. The number of carbonyl (C=O) groups is 2. The van der Waals surface area contributed by atoms with Crippen LogP contribution in [-0.4, -0.2) is 18.9 Å². The Bertz CT molecular complexity index is 451. The van der Waals surface area contributed by atoms with Crippen LogP contribution < -0.4 is 5.73 Å². The fourth-order valence-corrected chi connectivity index (χ4v) is 1.55. The number of carbonyl (C=O) groups excluding carboxylic acids is 2. The van der Waals surface area contributed by atoms with Crippen molar-refractivity contribution in [3.05, 3.63) is 47.7 Å². The molecular weight excluding hydrogens is 230 g/mol. The Morgan fingerprint density at radius 3 is 2.50 bits per heavy atom. The molecule has 1 rings (SSSR count). The van der Waals surface area contributed by atoms with E-state index >= 15 is 0 Å². The highest BCUT2D eigenvalue weighted by molar-refractivity contribution is 6.04. The van der Waals surface area contributed by atoms with Crippen LogP contribution >= 0.6 is 0 Å². The fourth-order valence-electron chi connectivity index (χ4n) is 1.55. The Labute approximate surface area is 106 Å². The van der Waals surface area contributed by atoms with Crippen molar-refractivity contribution < 1.29 is 14.3 Å². The van der Waals surface area contributed by atoms with Crippen LogP contribution in [0.3, 0.4) is 0 Å². The van der Waals surface area contributed by atoms with E-state index in [0.717, 1.165) is 0 Å². The first-order valence-corrected chi connectivity index (χ1v) is 5.68. The third-order valence-electron chi connectivity index (χ3n) is 2.52. The molecule has 4 heteroatoms. The Morgan fingerprint density at radius 1 is 1.33 bits per heavy atom. The van der Waals surface area contributed by atoms with Crippen LogP contribution in [0.4, 0.5) is 0 Å². The monoisotopic (exact) mass is 247 g/mol. The molecule has 0 aliphatic heterocycles. The summed E-state index contributed by atoms with van der Waals surface area (Å²) < 4.78 is 4.60. The zero-order chi connectivity index (χ0) is 13.5. The van der Waals surface area contributed by atoms with Gasteiger partial charge in [-0.25, -0.2) is 0 Å². The van der Waals surface area contributed by atoms with Gasteiger partial charge < -0.3 is 10.5 Å². The largest absolute Gasteiger partial charge is 0.469 e. The van der Waals surface area contributed by atoms with Crippen molar-refractivity contribution in [1.82, 2.24) is 0 Å². The maximum absolute atomic E-state index is 11.8. The molecule has 0 spiro atoms. The second-order valence-corrected chi connectivity index (χ2v) is 4.08. The van der Waals surface area contributed by atoms with E-state index in [1.54, 1.807) is 31.2 Å². The van der Waals surface area contributed by atoms with Crippen molar-refractivity contribution in [2.24, 2.45) is 11.7 Å². The molecule has 0 aliphatic rings. The van der Waals surface area contributed by atoms with E-state index in [2.05, 4.69) is 4.74 Å². The van der Waals surface area contributed by atoms with Gasteiger partial charge in [0.05, 0.1) is 13.0 Å². The van der Waals surface area contributed by atoms with Gasteiger partial charge in [0.25, 0.3) is 0 Å². The number of esters is 1. The highest BCUT2D eigenvalue weighted by atomic mass is 16.5. The standard InChI is InChI=1S/C14H17NO3/c1-10(14(17)18-2)8-12(15)9-13(16)11-6-4-3-5-7-11/h3-7,9-10H,8,15H2,1-2H3/b12-9-. The summed E-state index contributed by atoms with van der Waals surface area (Å²) in [5.41, 5.74) is 6.69. The molecule has 1 unspecified atom stereocenters.